The highest BCUT2D eigenvalue weighted by molar-refractivity contribution is 5.86. The zero-order chi connectivity index (χ0) is 20.3. The van der Waals surface area contributed by atoms with Crippen LogP contribution in [0, 0.1) is 23.7 Å². The number of aryl methyl sites for hydroxylation is 1. The van der Waals surface area contributed by atoms with E-state index in [1.807, 2.05) is 41.5 Å². The normalized spacial score (nSPS) is 24.6. The molecule has 1 saturated heterocycles. The molecule has 3 heterocycles. The Balaban J connectivity index is 1.62. The van der Waals surface area contributed by atoms with Crippen molar-refractivity contribution in [3.63, 3.8) is 0 Å². The Labute approximate surface area is 175 Å². The molecule has 0 aliphatic carbocycles. The lowest BCUT2D eigenvalue weighted by Gasteiger charge is -2.26. The summed E-state index contributed by atoms with van der Waals surface area (Å²) in [6, 6.07) is 31.3. The van der Waals surface area contributed by atoms with Gasteiger partial charge < -0.3 is 4.57 Å². The third-order valence-corrected chi connectivity index (χ3v) is 6.68. The Kier molecular flexibility index (Phi) is 3.59. The Morgan fingerprint density at radius 2 is 1.60 bits per heavy atom. The van der Waals surface area contributed by atoms with Gasteiger partial charge in [0.15, 0.2) is 0 Å². The molecule has 3 atom stereocenters. The van der Waals surface area contributed by atoms with Gasteiger partial charge in [-0.2, -0.15) is 5.26 Å². The first-order valence-electron chi connectivity index (χ1n) is 10.3. The van der Waals surface area contributed by atoms with Gasteiger partial charge in [0.1, 0.15) is 17.6 Å². The summed E-state index contributed by atoms with van der Waals surface area (Å²) in [6.45, 7) is 2.78. The smallest absolute Gasteiger partial charge is 0.136 e. The van der Waals surface area contributed by atoms with E-state index in [2.05, 4.69) is 66.1 Å². The van der Waals surface area contributed by atoms with E-state index in [9.17, 15) is 5.26 Å². The van der Waals surface area contributed by atoms with E-state index >= 15 is 0 Å². The predicted molar refractivity (Wildman–Crippen MR) is 117 cm³/mol. The number of benzene rings is 3. The van der Waals surface area contributed by atoms with Crippen molar-refractivity contribution in [2.45, 2.75) is 25.6 Å². The second-order valence-corrected chi connectivity index (χ2v) is 8.23. The van der Waals surface area contributed by atoms with Gasteiger partial charge >= 0.3 is 0 Å². The number of nitrogens with zero attached hydrogens (tertiary/aromatic N) is 3. The van der Waals surface area contributed by atoms with Gasteiger partial charge in [-0.25, -0.2) is 5.06 Å². The van der Waals surface area contributed by atoms with E-state index in [-0.39, 0.29) is 12.1 Å². The number of fused-ring (bicyclic) bond motifs is 5. The maximum absolute atomic E-state index is 10.6. The summed E-state index contributed by atoms with van der Waals surface area (Å²) in [7, 11) is 0. The van der Waals surface area contributed by atoms with Crippen LogP contribution in [0.4, 0.5) is 5.69 Å². The van der Waals surface area contributed by atoms with Gasteiger partial charge in [0.25, 0.3) is 0 Å². The summed E-state index contributed by atoms with van der Waals surface area (Å²) in [5.41, 5.74) is 4.90. The summed E-state index contributed by atoms with van der Waals surface area (Å²) in [5.74, 6) is 0. The van der Waals surface area contributed by atoms with Crippen molar-refractivity contribution < 1.29 is 4.84 Å². The van der Waals surface area contributed by atoms with E-state index in [1.165, 1.54) is 22.2 Å². The zero-order valence-corrected chi connectivity index (χ0v) is 16.7. The Morgan fingerprint density at radius 3 is 2.33 bits per heavy atom. The molecule has 0 unspecified atom stereocenters. The lowest BCUT2D eigenvalue weighted by atomic mass is 9.75. The van der Waals surface area contributed by atoms with Crippen molar-refractivity contribution in [3.8, 4) is 6.07 Å². The fraction of sp³-hybridized carbons (Fsp3) is 0.192. The molecule has 0 spiro atoms. The Morgan fingerprint density at radius 1 is 0.933 bits per heavy atom. The highest BCUT2D eigenvalue weighted by atomic mass is 16.7. The van der Waals surface area contributed by atoms with Crippen molar-refractivity contribution in [2.75, 3.05) is 5.06 Å². The van der Waals surface area contributed by atoms with E-state index in [1.54, 1.807) is 0 Å². The molecule has 30 heavy (non-hydrogen) atoms. The number of para-hydroxylation sites is 2. The molecule has 4 heteroatoms. The Bertz CT molecular complexity index is 1290. The molecular weight excluding hydrogens is 370 g/mol. The molecule has 0 N–H and O–H groups in total. The highest BCUT2D eigenvalue weighted by Gasteiger charge is 2.63. The molecule has 0 amide bonds. The van der Waals surface area contributed by atoms with Gasteiger partial charge in [-0.15, -0.1) is 0 Å². The molecule has 3 aromatic carbocycles. The molecule has 6 rings (SSSR count). The van der Waals surface area contributed by atoms with Gasteiger partial charge in [-0.1, -0.05) is 66.7 Å². The number of rotatable bonds is 2. The van der Waals surface area contributed by atoms with Crippen LogP contribution in [0.25, 0.3) is 10.9 Å². The van der Waals surface area contributed by atoms with E-state index in [0.717, 1.165) is 11.3 Å². The maximum Gasteiger partial charge on any atom is 0.136 e. The van der Waals surface area contributed by atoms with Crippen LogP contribution in [-0.2, 0) is 11.4 Å². The molecule has 0 saturated carbocycles. The Hall–Kier alpha value is -3.55. The van der Waals surface area contributed by atoms with Crippen LogP contribution in [0.5, 0.6) is 0 Å². The second kappa shape index (κ2) is 6.22. The predicted octanol–water partition coefficient (Wildman–Crippen LogP) is 5.71. The summed E-state index contributed by atoms with van der Waals surface area (Å²) >= 11 is 0. The van der Waals surface area contributed by atoms with Crippen LogP contribution in [0.15, 0.2) is 84.9 Å². The van der Waals surface area contributed by atoms with Crippen molar-refractivity contribution >= 4 is 16.6 Å². The van der Waals surface area contributed by atoms with Gasteiger partial charge in [0.05, 0.1) is 11.8 Å². The zero-order valence-electron chi connectivity index (χ0n) is 16.7. The second-order valence-electron chi connectivity index (χ2n) is 8.23. The van der Waals surface area contributed by atoms with Crippen LogP contribution in [-0.4, -0.2) is 4.57 Å². The quantitative estimate of drug-likeness (QED) is 0.440. The van der Waals surface area contributed by atoms with E-state index < -0.39 is 5.41 Å². The molecule has 2 aliphatic rings. The minimum absolute atomic E-state index is 0.178. The van der Waals surface area contributed by atoms with Crippen LogP contribution in [0.2, 0.25) is 0 Å². The number of hydrogen-bond acceptors (Lipinski definition) is 3. The SMILES string of the molecule is Cc1c2n(c3ccccc13)C[C@]1(C#N)[C@@H](c3ccccc3)ON(c3ccccc3)[C@H]21. The maximum atomic E-state index is 10.6. The standard InChI is InChI=1S/C26H21N3O/c1-18-21-14-8-9-15-22(21)28-17-26(16-27)24(23(18)28)29(20-12-6-3-7-13-20)30-25(26)19-10-4-2-5-11-19/h2-15,24-25H,17H2,1H3/t24-,25-,26+/m1/s1. The largest absolute Gasteiger partial charge is 0.340 e. The molecule has 4 aromatic rings. The first kappa shape index (κ1) is 17.3. The van der Waals surface area contributed by atoms with Crippen LogP contribution in [0.3, 0.4) is 0 Å². The topological polar surface area (TPSA) is 41.2 Å². The molecule has 0 bridgehead atoms. The fourth-order valence-electron chi connectivity index (χ4n) is 5.35. The average Bonchev–Trinajstić information content (AvgIpc) is 3.41. The van der Waals surface area contributed by atoms with Gasteiger partial charge in [-0.05, 0) is 36.2 Å². The first-order chi connectivity index (χ1) is 14.7. The van der Waals surface area contributed by atoms with Crippen molar-refractivity contribution in [2.24, 2.45) is 5.41 Å². The molecule has 2 aliphatic heterocycles. The lowest BCUT2D eigenvalue weighted by molar-refractivity contribution is 0.0478. The van der Waals surface area contributed by atoms with Gasteiger partial charge in [0, 0.05) is 23.1 Å². The number of hydroxylamine groups is 1. The third-order valence-electron chi connectivity index (χ3n) is 6.68. The number of anilines is 1. The molecule has 0 radical (unpaired) electrons. The summed E-state index contributed by atoms with van der Waals surface area (Å²) in [5, 5.41) is 13.8. The lowest BCUT2D eigenvalue weighted by Crippen LogP contribution is -2.30. The van der Waals surface area contributed by atoms with Crippen LogP contribution in [0.1, 0.15) is 29.0 Å². The molecular formula is C26H21N3O. The molecule has 146 valence electrons. The first-order valence-corrected chi connectivity index (χ1v) is 10.3. The molecule has 1 aromatic heterocycles. The fourth-order valence-corrected chi connectivity index (χ4v) is 5.35. The highest BCUT2D eigenvalue weighted by Crippen LogP contribution is 2.62. The average molecular weight is 391 g/mol. The van der Waals surface area contributed by atoms with Crippen LogP contribution < -0.4 is 5.06 Å². The summed E-state index contributed by atoms with van der Waals surface area (Å²) < 4.78 is 2.34. The van der Waals surface area contributed by atoms with Crippen molar-refractivity contribution in [1.29, 1.82) is 5.26 Å². The van der Waals surface area contributed by atoms with Gasteiger partial charge in [-0.3, -0.25) is 4.84 Å². The number of aromatic nitrogens is 1. The number of hydrogen-bond donors (Lipinski definition) is 0. The van der Waals surface area contributed by atoms with E-state index in [4.69, 9.17) is 4.84 Å². The van der Waals surface area contributed by atoms with Crippen LogP contribution >= 0.6 is 0 Å². The third kappa shape index (κ3) is 2.13. The van der Waals surface area contributed by atoms with E-state index in [0.29, 0.717) is 6.54 Å². The molecule has 1 fully saturated rings. The minimum Gasteiger partial charge on any atom is -0.340 e. The van der Waals surface area contributed by atoms with Gasteiger partial charge in [0.2, 0.25) is 0 Å². The summed E-state index contributed by atoms with van der Waals surface area (Å²) in [6.07, 6.45) is -0.341. The number of nitriles is 1. The minimum atomic E-state index is -0.707. The molecule has 4 nitrogen and oxygen atoms in total. The van der Waals surface area contributed by atoms with Crippen molar-refractivity contribution in [1.82, 2.24) is 4.57 Å². The van der Waals surface area contributed by atoms with Crippen molar-refractivity contribution in [3.05, 3.63) is 102 Å². The summed E-state index contributed by atoms with van der Waals surface area (Å²) in [4.78, 5) is 6.60. The monoisotopic (exact) mass is 391 g/mol.